The molecule has 2 nitrogen and oxygen atoms in total. The Morgan fingerprint density at radius 2 is 1.85 bits per heavy atom. The first kappa shape index (κ1) is 14.2. The lowest BCUT2D eigenvalue weighted by Crippen LogP contribution is -2.28. The number of hydrogen-bond donors (Lipinski definition) is 0. The van der Waals surface area contributed by atoms with Crippen LogP contribution in [-0.2, 0) is 5.92 Å². The third kappa shape index (κ3) is 2.56. The summed E-state index contributed by atoms with van der Waals surface area (Å²) < 4.78 is 54.0. The fourth-order valence-electron chi connectivity index (χ4n) is 1.55. The number of pyridine rings is 1. The van der Waals surface area contributed by atoms with Crippen LogP contribution >= 0.6 is 0 Å². The van der Waals surface area contributed by atoms with Crippen molar-refractivity contribution in [2.24, 2.45) is 0 Å². The van der Waals surface area contributed by atoms with Crippen molar-refractivity contribution in [3.05, 3.63) is 59.4 Å². The highest BCUT2D eigenvalue weighted by Gasteiger charge is 2.43. The van der Waals surface area contributed by atoms with Gasteiger partial charge in [-0.25, -0.2) is 8.78 Å². The smallest absolute Gasteiger partial charge is 0.287 e. The van der Waals surface area contributed by atoms with Gasteiger partial charge < -0.3 is 0 Å². The van der Waals surface area contributed by atoms with Gasteiger partial charge in [0.2, 0.25) is 5.78 Å². The summed E-state index contributed by atoms with van der Waals surface area (Å²) in [6.45, 7) is 0. The van der Waals surface area contributed by atoms with E-state index >= 15 is 0 Å². The van der Waals surface area contributed by atoms with Gasteiger partial charge in [0.1, 0.15) is 25.2 Å². The standard InChI is InChI=1S/C13H6BF4NO/c14-7-1-4-11(19-6-7)13(17,18)12(20)9-3-2-8(15)5-10(9)16/h1-6H. The van der Waals surface area contributed by atoms with Crippen LogP contribution in [0.5, 0.6) is 0 Å². The lowest BCUT2D eigenvalue weighted by atomic mass is 9.96. The van der Waals surface area contributed by atoms with Gasteiger partial charge in [0.05, 0.1) is 5.56 Å². The Bertz CT molecular complexity index is 658. The van der Waals surface area contributed by atoms with Crippen LogP contribution in [0.25, 0.3) is 0 Å². The van der Waals surface area contributed by atoms with Crippen LogP contribution in [0.3, 0.4) is 0 Å². The summed E-state index contributed by atoms with van der Waals surface area (Å²) in [5.74, 6) is -8.16. The molecule has 2 aromatic rings. The van der Waals surface area contributed by atoms with E-state index in [-0.39, 0.29) is 5.46 Å². The topological polar surface area (TPSA) is 30.0 Å². The fraction of sp³-hybridized carbons (Fsp3) is 0.0769. The lowest BCUT2D eigenvalue weighted by Gasteiger charge is -2.15. The largest absolute Gasteiger partial charge is 0.351 e. The molecule has 0 N–H and O–H groups in total. The maximum atomic E-state index is 13.9. The average molecular weight is 279 g/mol. The molecule has 0 atom stereocenters. The van der Waals surface area contributed by atoms with Gasteiger partial charge in [0, 0.05) is 12.3 Å². The second-order valence-corrected chi connectivity index (χ2v) is 4.00. The number of rotatable bonds is 3. The number of benzene rings is 1. The predicted octanol–water partition coefficient (Wildman–Crippen LogP) is 2.13. The molecule has 20 heavy (non-hydrogen) atoms. The van der Waals surface area contributed by atoms with Gasteiger partial charge in [-0.1, -0.05) is 11.5 Å². The molecule has 1 aromatic heterocycles. The van der Waals surface area contributed by atoms with Gasteiger partial charge in [0.25, 0.3) is 0 Å². The molecule has 0 saturated heterocycles. The first-order chi connectivity index (χ1) is 9.32. The molecule has 0 bridgehead atoms. The Balaban J connectivity index is 2.42. The SMILES string of the molecule is [B]c1ccc(C(F)(F)C(=O)c2ccc(F)cc2F)nc1. The number of carbonyl (C=O) groups excluding carboxylic acids is 1. The molecule has 0 aliphatic rings. The van der Waals surface area contributed by atoms with E-state index in [1.54, 1.807) is 0 Å². The number of carbonyl (C=O) groups is 1. The zero-order chi connectivity index (χ0) is 14.9. The number of halogens is 4. The van der Waals surface area contributed by atoms with E-state index in [9.17, 15) is 22.4 Å². The van der Waals surface area contributed by atoms with Crippen LogP contribution < -0.4 is 5.46 Å². The number of aromatic nitrogens is 1. The zero-order valence-corrected chi connectivity index (χ0v) is 9.91. The first-order valence-electron chi connectivity index (χ1n) is 5.42. The highest BCUT2D eigenvalue weighted by Crippen LogP contribution is 2.31. The van der Waals surface area contributed by atoms with Gasteiger partial charge in [-0.2, -0.15) is 8.78 Å². The quantitative estimate of drug-likeness (QED) is 0.489. The second-order valence-electron chi connectivity index (χ2n) is 4.00. The van der Waals surface area contributed by atoms with E-state index in [1.807, 2.05) is 0 Å². The zero-order valence-electron chi connectivity index (χ0n) is 9.91. The van der Waals surface area contributed by atoms with Gasteiger partial charge in [0.15, 0.2) is 0 Å². The van der Waals surface area contributed by atoms with Crippen LogP contribution in [0.4, 0.5) is 17.6 Å². The Kier molecular flexibility index (Phi) is 3.61. The highest BCUT2D eigenvalue weighted by molar-refractivity contribution is 6.32. The molecular formula is C13H6BF4NO. The normalized spacial score (nSPS) is 11.4. The number of hydrogen-bond acceptors (Lipinski definition) is 2. The molecule has 0 unspecified atom stereocenters. The molecule has 2 rings (SSSR count). The van der Waals surface area contributed by atoms with Crippen LogP contribution in [-0.4, -0.2) is 18.6 Å². The predicted molar refractivity (Wildman–Crippen MR) is 64.2 cm³/mol. The molecule has 0 saturated carbocycles. The molecule has 1 aromatic carbocycles. The third-order valence-electron chi connectivity index (χ3n) is 2.57. The Hall–Kier alpha value is -2.18. The maximum Gasteiger partial charge on any atom is 0.351 e. The molecule has 100 valence electrons. The second kappa shape index (κ2) is 5.07. The van der Waals surface area contributed by atoms with Crippen molar-refractivity contribution in [3.8, 4) is 0 Å². The summed E-state index contributed by atoms with van der Waals surface area (Å²) in [6.07, 6.45) is 0.956. The van der Waals surface area contributed by atoms with Crippen molar-refractivity contribution in [2.45, 2.75) is 5.92 Å². The number of Topliss-reactive ketones (excluding diaryl/α,β-unsaturated/α-hetero) is 1. The van der Waals surface area contributed by atoms with Crippen molar-refractivity contribution in [2.75, 3.05) is 0 Å². The maximum absolute atomic E-state index is 13.9. The molecule has 0 fully saturated rings. The van der Waals surface area contributed by atoms with E-state index in [0.29, 0.717) is 12.1 Å². The Morgan fingerprint density at radius 1 is 1.15 bits per heavy atom. The van der Waals surface area contributed by atoms with Crippen LogP contribution in [0.15, 0.2) is 36.5 Å². The van der Waals surface area contributed by atoms with Gasteiger partial charge in [-0.15, -0.1) is 0 Å². The minimum atomic E-state index is -4.04. The molecule has 0 amide bonds. The van der Waals surface area contributed by atoms with Gasteiger partial charge in [-0.3, -0.25) is 9.78 Å². The summed E-state index contributed by atoms with van der Waals surface area (Å²) in [6, 6.07) is 3.76. The minimum Gasteiger partial charge on any atom is -0.287 e. The number of nitrogens with zero attached hydrogens (tertiary/aromatic N) is 1. The van der Waals surface area contributed by atoms with Crippen LogP contribution in [0.1, 0.15) is 16.1 Å². The van der Waals surface area contributed by atoms with Crippen molar-refractivity contribution < 1.29 is 22.4 Å². The molecule has 2 radical (unpaired) electrons. The molecule has 1 heterocycles. The van der Waals surface area contributed by atoms with Crippen LogP contribution in [0, 0.1) is 11.6 Å². The van der Waals surface area contributed by atoms with Crippen LogP contribution in [0.2, 0.25) is 0 Å². The summed E-state index contributed by atoms with van der Waals surface area (Å²) in [5.41, 5.74) is -1.62. The highest BCUT2D eigenvalue weighted by atomic mass is 19.3. The Morgan fingerprint density at radius 3 is 2.40 bits per heavy atom. The third-order valence-corrected chi connectivity index (χ3v) is 2.57. The van der Waals surface area contributed by atoms with Crippen molar-refractivity contribution in [1.29, 1.82) is 0 Å². The molecule has 0 aliphatic carbocycles. The summed E-state index contributed by atoms with van der Waals surface area (Å²) >= 11 is 0. The monoisotopic (exact) mass is 279 g/mol. The van der Waals surface area contributed by atoms with E-state index in [4.69, 9.17) is 7.85 Å². The Labute approximate surface area is 112 Å². The molecule has 0 spiro atoms. The first-order valence-corrected chi connectivity index (χ1v) is 5.42. The van der Waals surface area contributed by atoms with E-state index < -0.39 is 34.6 Å². The summed E-state index contributed by atoms with van der Waals surface area (Å²) in [7, 11) is 5.30. The molecule has 0 aliphatic heterocycles. The van der Waals surface area contributed by atoms with Crippen molar-refractivity contribution in [1.82, 2.24) is 4.98 Å². The van der Waals surface area contributed by atoms with E-state index in [2.05, 4.69) is 4.98 Å². The molecular weight excluding hydrogens is 273 g/mol. The summed E-state index contributed by atoms with van der Waals surface area (Å²) in [4.78, 5) is 15.1. The minimum absolute atomic E-state index is 0.143. The average Bonchev–Trinajstić information content (AvgIpc) is 2.38. The van der Waals surface area contributed by atoms with E-state index in [0.717, 1.165) is 24.4 Å². The van der Waals surface area contributed by atoms with E-state index in [1.165, 1.54) is 0 Å². The lowest BCUT2D eigenvalue weighted by molar-refractivity contribution is 0.00428. The fourth-order valence-corrected chi connectivity index (χ4v) is 1.55. The molecule has 7 heteroatoms. The number of alkyl halides is 2. The van der Waals surface area contributed by atoms with Crippen molar-refractivity contribution >= 4 is 19.1 Å². The van der Waals surface area contributed by atoms with Crippen molar-refractivity contribution in [3.63, 3.8) is 0 Å². The summed E-state index contributed by atoms with van der Waals surface area (Å²) in [5, 5.41) is 0. The number of ketones is 1. The van der Waals surface area contributed by atoms with Gasteiger partial charge in [-0.05, 0) is 18.2 Å². The van der Waals surface area contributed by atoms with Gasteiger partial charge >= 0.3 is 5.92 Å².